The molecule has 4 nitrogen and oxygen atoms in total. The van der Waals surface area contributed by atoms with E-state index in [0.717, 1.165) is 36.6 Å². The number of anilines is 2. The van der Waals surface area contributed by atoms with Crippen LogP contribution in [0.15, 0.2) is 12.3 Å². The highest BCUT2D eigenvalue weighted by Gasteiger charge is 2.24. The number of piperidine rings is 1. The van der Waals surface area contributed by atoms with Gasteiger partial charge in [-0.2, -0.15) is 0 Å². The average Bonchev–Trinajstić information content (AvgIpc) is 2.26. The van der Waals surface area contributed by atoms with Crippen LogP contribution in [-0.2, 0) is 0 Å². The van der Waals surface area contributed by atoms with Gasteiger partial charge in [-0.05, 0) is 30.9 Å². The number of hydrogen-bond donors (Lipinski definition) is 2. The van der Waals surface area contributed by atoms with Crippen molar-refractivity contribution >= 4 is 11.5 Å². The van der Waals surface area contributed by atoms with Crippen LogP contribution in [0.2, 0.25) is 0 Å². The minimum Gasteiger partial charge on any atom is -0.397 e. The van der Waals surface area contributed by atoms with E-state index in [2.05, 4.69) is 16.8 Å². The Labute approximate surface area is 96.1 Å². The maximum absolute atomic E-state index is 9.67. The summed E-state index contributed by atoms with van der Waals surface area (Å²) in [5.74, 6) is 1.26. The van der Waals surface area contributed by atoms with Crippen LogP contribution in [0.5, 0.6) is 0 Å². The van der Waals surface area contributed by atoms with Crippen LogP contribution in [0.1, 0.15) is 18.9 Å². The van der Waals surface area contributed by atoms with E-state index >= 15 is 0 Å². The third-order valence-corrected chi connectivity index (χ3v) is 3.32. The van der Waals surface area contributed by atoms with Crippen molar-refractivity contribution in [2.45, 2.75) is 26.4 Å². The summed E-state index contributed by atoms with van der Waals surface area (Å²) in [7, 11) is 0. The molecule has 2 unspecified atom stereocenters. The maximum Gasteiger partial charge on any atom is 0.128 e. The molecule has 1 saturated heterocycles. The lowest BCUT2D eigenvalue weighted by Crippen LogP contribution is -2.42. The number of aliphatic hydroxyl groups is 1. The number of hydrogen-bond acceptors (Lipinski definition) is 4. The predicted molar refractivity (Wildman–Crippen MR) is 65.4 cm³/mol. The van der Waals surface area contributed by atoms with E-state index in [1.807, 2.05) is 13.0 Å². The largest absolute Gasteiger partial charge is 0.397 e. The van der Waals surface area contributed by atoms with Crippen LogP contribution in [0.4, 0.5) is 11.5 Å². The molecular weight excluding hydrogens is 202 g/mol. The molecule has 1 aliphatic heterocycles. The van der Waals surface area contributed by atoms with Gasteiger partial charge in [0.15, 0.2) is 0 Å². The maximum atomic E-state index is 9.67. The van der Waals surface area contributed by atoms with Crippen molar-refractivity contribution in [1.29, 1.82) is 0 Å². The molecule has 88 valence electrons. The topological polar surface area (TPSA) is 62.4 Å². The lowest BCUT2D eigenvalue weighted by atomic mass is 9.97. The molecule has 0 aliphatic carbocycles. The number of aromatic nitrogens is 1. The third-order valence-electron chi connectivity index (χ3n) is 3.32. The molecule has 3 N–H and O–H groups in total. The number of aliphatic hydroxyl groups excluding tert-OH is 1. The van der Waals surface area contributed by atoms with E-state index in [-0.39, 0.29) is 6.10 Å². The fraction of sp³-hybridized carbons (Fsp3) is 0.583. The number of pyridine rings is 1. The molecule has 1 fully saturated rings. The van der Waals surface area contributed by atoms with Gasteiger partial charge in [0.25, 0.3) is 0 Å². The van der Waals surface area contributed by atoms with Gasteiger partial charge in [0.1, 0.15) is 5.82 Å². The molecule has 4 heteroatoms. The van der Waals surface area contributed by atoms with E-state index < -0.39 is 0 Å². The van der Waals surface area contributed by atoms with Gasteiger partial charge in [-0.1, -0.05) is 6.92 Å². The van der Waals surface area contributed by atoms with Crippen molar-refractivity contribution in [2.75, 3.05) is 23.7 Å². The molecule has 1 aromatic heterocycles. The summed E-state index contributed by atoms with van der Waals surface area (Å²) < 4.78 is 0. The summed E-state index contributed by atoms with van der Waals surface area (Å²) in [6.45, 7) is 5.78. The predicted octanol–water partition coefficient (Wildman–Crippen LogP) is 1.18. The average molecular weight is 221 g/mol. The summed E-state index contributed by atoms with van der Waals surface area (Å²) in [5, 5.41) is 9.67. The summed E-state index contributed by atoms with van der Waals surface area (Å²) >= 11 is 0. The zero-order chi connectivity index (χ0) is 11.7. The van der Waals surface area contributed by atoms with Crippen LogP contribution in [0.25, 0.3) is 0 Å². The second-order valence-electron chi connectivity index (χ2n) is 4.68. The van der Waals surface area contributed by atoms with E-state index in [1.165, 1.54) is 0 Å². The van der Waals surface area contributed by atoms with Crippen molar-refractivity contribution in [3.8, 4) is 0 Å². The van der Waals surface area contributed by atoms with Gasteiger partial charge < -0.3 is 15.7 Å². The van der Waals surface area contributed by atoms with Crippen molar-refractivity contribution in [3.05, 3.63) is 17.8 Å². The number of nitrogens with two attached hydrogens (primary N) is 1. The van der Waals surface area contributed by atoms with Crippen molar-refractivity contribution in [2.24, 2.45) is 5.92 Å². The zero-order valence-corrected chi connectivity index (χ0v) is 9.85. The van der Waals surface area contributed by atoms with Crippen molar-refractivity contribution < 1.29 is 5.11 Å². The molecule has 0 radical (unpaired) electrons. The minimum atomic E-state index is -0.175. The summed E-state index contributed by atoms with van der Waals surface area (Å²) in [6, 6.07) is 2.01. The van der Waals surface area contributed by atoms with Gasteiger partial charge >= 0.3 is 0 Å². The Morgan fingerprint density at radius 3 is 2.94 bits per heavy atom. The van der Waals surface area contributed by atoms with Gasteiger partial charge in [-0.25, -0.2) is 4.98 Å². The first-order valence-electron chi connectivity index (χ1n) is 5.73. The van der Waals surface area contributed by atoms with Crippen molar-refractivity contribution in [3.63, 3.8) is 0 Å². The van der Waals surface area contributed by atoms with E-state index in [1.54, 1.807) is 6.20 Å². The zero-order valence-electron chi connectivity index (χ0n) is 9.85. The highest BCUT2D eigenvalue weighted by atomic mass is 16.3. The smallest absolute Gasteiger partial charge is 0.128 e. The number of aryl methyl sites for hydroxylation is 1. The quantitative estimate of drug-likeness (QED) is 0.747. The Morgan fingerprint density at radius 1 is 1.56 bits per heavy atom. The normalized spacial score (nSPS) is 25.8. The summed E-state index contributed by atoms with van der Waals surface area (Å²) in [6.07, 6.45) is 2.35. The lowest BCUT2D eigenvalue weighted by molar-refractivity contribution is 0.0969. The van der Waals surface area contributed by atoms with Crippen LogP contribution in [0, 0.1) is 12.8 Å². The fourth-order valence-corrected chi connectivity index (χ4v) is 2.07. The van der Waals surface area contributed by atoms with Gasteiger partial charge in [-0.3, -0.25) is 0 Å². The van der Waals surface area contributed by atoms with Crippen LogP contribution in [-0.4, -0.2) is 29.3 Å². The molecule has 1 aliphatic rings. The highest BCUT2D eigenvalue weighted by molar-refractivity contribution is 5.52. The first kappa shape index (κ1) is 11.2. The Kier molecular flexibility index (Phi) is 3.01. The van der Waals surface area contributed by atoms with E-state index in [9.17, 15) is 5.11 Å². The molecule has 2 heterocycles. The van der Waals surface area contributed by atoms with E-state index in [0.29, 0.717) is 5.92 Å². The standard InChI is InChI=1S/C12H19N3O/c1-8-5-12(14-6-10(8)13)15-4-3-11(16)9(2)7-15/h5-6,9,11,16H,3-4,7,13H2,1-2H3. The molecule has 2 rings (SSSR count). The van der Waals surface area contributed by atoms with Crippen LogP contribution < -0.4 is 10.6 Å². The first-order chi connectivity index (χ1) is 7.58. The minimum absolute atomic E-state index is 0.175. The summed E-state index contributed by atoms with van der Waals surface area (Å²) in [5.41, 5.74) is 7.54. The second kappa shape index (κ2) is 4.29. The molecule has 0 spiro atoms. The molecule has 0 amide bonds. The van der Waals surface area contributed by atoms with Crippen LogP contribution in [0.3, 0.4) is 0 Å². The Balaban J connectivity index is 2.15. The third kappa shape index (κ3) is 2.11. The molecule has 0 saturated carbocycles. The first-order valence-corrected chi connectivity index (χ1v) is 5.73. The Bertz CT molecular complexity index is 381. The van der Waals surface area contributed by atoms with E-state index in [4.69, 9.17) is 5.73 Å². The fourth-order valence-electron chi connectivity index (χ4n) is 2.07. The number of nitrogen functional groups attached to an aromatic ring is 1. The Morgan fingerprint density at radius 2 is 2.31 bits per heavy atom. The molecule has 0 bridgehead atoms. The molecule has 0 aromatic carbocycles. The van der Waals surface area contributed by atoms with Gasteiger partial charge in [-0.15, -0.1) is 0 Å². The van der Waals surface area contributed by atoms with Gasteiger partial charge in [0.05, 0.1) is 18.0 Å². The summed E-state index contributed by atoms with van der Waals surface area (Å²) in [4.78, 5) is 6.55. The SMILES string of the molecule is Cc1cc(N2CCC(O)C(C)C2)ncc1N. The molecule has 16 heavy (non-hydrogen) atoms. The second-order valence-corrected chi connectivity index (χ2v) is 4.68. The monoisotopic (exact) mass is 221 g/mol. The Hall–Kier alpha value is -1.29. The van der Waals surface area contributed by atoms with Gasteiger partial charge in [0, 0.05) is 13.1 Å². The molecule has 2 atom stereocenters. The van der Waals surface area contributed by atoms with Crippen LogP contribution >= 0.6 is 0 Å². The number of rotatable bonds is 1. The van der Waals surface area contributed by atoms with Gasteiger partial charge in [0.2, 0.25) is 0 Å². The molecular formula is C12H19N3O. The number of nitrogens with zero attached hydrogens (tertiary/aromatic N) is 2. The van der Waals surface area contributed by atoms with Crippen molar-refractivity contribution in [1.82, 2.24) is 4.98 Å². The highest BCUT2D eigenvalue weighted by Crippen LogP contribution is 2.23. The lowest BCUT2D eigenvalue weighted by Gasteiger charge is -2.35. The molecule has 1 aromatic rings.